The van der Waals surface area contributed by atoms with Crippen LogP contribution in [0, 0.1) is 13.8 Å². The van der Waals surface area contributed by atoms with Crippen LogP contribution in [0.4, 0.5) is 5.69 Å². The molecule has 4 aromatic carbocycles. The summed E-state index contributed by atoms with van der Waals surface area (Å²) >= 11 is 0. The zero-order chi connectivity index (χ0) is 28.0. The smallest absolute Gasteiger partial charge is 0.264 e. The SMILES string of the molecule is COc1ccc(S(=O)(=O)N(CC(=O)N[C@H](c2ccccc2)c2ccc(C)cc2)c2ccc(C)cc2)cc1OC. The fraction of sp³-hybridized carbons (Fsp3) is 0.194. The van der Waals surface area contributed by atoms with E-state index in [1.165, 1.54) is 32.4 Å². The predicted molar refractivity (Wildman–Crippen MR) is 153 cm³/mol. The Labute approximate surface area is 230 Å². The molecule has 39 heavy (non-hydrogen) atoms. The van der Waals surface area contributed by atoms with Crippen molar-refractivity contribution in [2.75, 3.05) is 25.1 Å². The molecule has 0 heterocycles. The summed E-state index contributed by atoms with van der Waals surface area (Å²) in [6.07, 6.45) is 0. The molecule has 0 bridgehead atoms. The minimum Gasteiger partial charge on any atom is -0.493 e. The number of carbonyl (C=O) groups is 1. The van der Waals surface area contributed by atoms with Crippen molar-refractivity contribution >= 4 is 21.6 Å². The van der Waals surface area contributed by atoms with E-state index >= 15 is 0 Å². The van der Waals surface area contributed by atoms with Gasteiger partial charge < -0.3 is 14.8 Å². The molecule has 7 nitrogen and oxygen atoms in total. The van der Waals surface area contributed by atoms with Crippen molar-refractivity contribution in [2.45, 2.75) is 24.8 Å². The number of aryl methyl sites for hydroxylation is 2. The summed E-state index contributed by atoms with van der Waals surface area (Å²) in [5.74, 6) is 0.226. The van der Waals surface area contributed by atoms with Gasteiger partial charge in [-0.1, -0.05) is 77.9 Å². The molecule has 0 saturated heterocycles. The summed E-state index contributed by atoms with van der Waals surface area (Å²) in [5.41, 5.74) is 4.22. The first-order valence-electron chi connectivity index (χ1n) is 12.4. The molecule has 0 spiro atoms. The number of hydrogen-bond donors (Lipinski definition) is 1. The van der Waals surface area contributed by atoms with Gasteiger partial charge in [-0.3, -0.25) is 9.10 Å². The molecule has 0 aliphatic carbocycles. The van der Waals surface area contributed by atoms with Crippen molar-refractivity contribution in [3.05, 3.63) is 119 Å². The lowest BCUT2D eigenvalue weighted by Gasteiger charge is -2.26. The van der Waals surface area contributed by atoms with E-state index in [9.17, 15) is 13.2 Å². The molecule has 202 valence electrons. The predicted octanol–water partition coefficient (Wildman–Crippen LogP) is 5.42. The Morgan fingerprint density at radius 3 is 1.92 bits per heavy atom. The van der Waals surface area contributed by atoms with Gasteiger partial charge in [0.1, 0.15) is 6.54 Å². The van der Waals surface area contributed by atoms with Crippen LogP contribution in [0.25, 0.3) is 0 Å². The van der Waals surface area contributed by atoms with Crippen LogP contribution < -0.4 is 19.1 Å². The highest BCUT2D eigenvalue weighted by Crippen LogP contribution is 2.32. The summed E-state index contributed by atoms with van der Waals surface area (Å²) in [7, 11) is -1.24. The van der Waals surface area contributed by atoms with Crippen LogP contribution >= 0.6 is 0 Å². The van der Waals surface area contributed by atoms with Gasteiger partial charge in [-0.15, -0.1) is 0 Å². The topological polar surface area (TPSA) is 84.9 Å². The van der Waals surface area contributed by atoms with Crippen molar-refractivity contribution in [3.8, 4) is 11.5 Å². The molecule has 0 fully saturated rings. The fourth-order valence-electron chi connectivity index (χ4n) is 4.23. The van der Waals surface area contributed by atoms with E-state index in [0.29, 0.717) is 11.4 Å². The van der Waals surface area contributed by atoms with Crippen molar-refractivity contribution in [2.24, 2.45) is 0 Å². The average molecular weight is 545 g/mol. The highest BCUT2D eigenvalue weighted by atomic mass is 32.2. The maximum atomic E-state index is 13.9. The van der Waals surface area contributed by atoms with E-state index in [4.69, 9.17) is 9.47 Å². The lowest BCUT2D eigenvalue weighted by Crippen LogP contribution is -2.42. The number of nitrogens with one attached hydrogen (secondary N) is 1. The maximum Gasteiger partial charge on any atom is 0.264 e. The third kappa shape index (κ3) is 6.41. The minimum absolute atomic E-state index is 0.0216. The molecule has 1 atom stereocenters. The molecule has 0 aliphatic rings. The Hall–Kier alpha value is -4.30. The monoisotopic (exact) mass is 544 g/mol. The van der Waals surface area contributed by atoms with Crippen molar-refractivity contribution in [1.29, 1.82) is 0 Å². The van der Waals surface area contributed by atoms with Gasteiger partial charge >= 0.3 is 0 Å². The van der Waals surface area contributed by atoms with E-state index in [-0.39, 0.29) is 10.6 Å². The van der Waals surface area contributed by atoms with E-state index in [1.807, 2.05) is 80.6 Å². The summed E-state index contributed by atoms with van der Waals surface area (Å²) < 4.78 is 39.6. The Balaban J connectivity index is 1.70. The third-order valence-corrected chi connectivity index (χ3v) is 8.17. The lowest BCUT2D eigenvalue weighted by atomic mass is 9.98. The molecule has 4 rings (SSSR count). The summed E-state index contributed by atoms with van der Waals surface area (Å²) in [6, 6.07) is 28.4. The van der Waals surface area contributed by atoms with E-state index < -0.39 is 28.5 Å². The first-order chi connectivity index (χ1) is 18.7. The minimum atomic E-state index is -4.15. The first-order valence-corrected chi connectivity index (χ1v) is 13.9. The molecular weight excluding hydrogens is 512 g/mol. The summed E-state index contributed by atoms with van der Waals surface area (Å²) in [6.45, 7) is 3.49. The van der Waals surface area contributed by atoms with Crippen LogP contribution in [-0.2, 0) is 14.8 Å². The zero-order valence-corrected chi connectivity index (χ0v) is 23.2. The largest absolute Gasteiger partial charge is 0.493 e. The number of carbonyl (C=O) groups excluding carboxylic acids is 1. The highest BCUT2D eigenvalue weighted by Gasteiger charge is 2.29. The molecule has 0 aliphatic heterocycles. The number of amides is 1. The van der Waals surface area contributed by atoms with Crippen molar-refractivity contribution in [3.63, 3.8) is 0 Å². The molecule has 1 N–H and O–H groups in total. The van der Waals surface area contributed by atoms with Gasteiger partial charge in [0, 0.05) is 6.07 Å². The summed E-state index contributed by atoms with van der Waals surface area (Å²) in [5, 5.41) is 3.06. The van der Waals surface area contributed by atoms with Crippen molar-refractivity contribution < 1.29 is 22.7 Å². The molecular formula is C31H32N2O5S. The third-order valence-electron chi connectivity index (χ3n) is 6.40. The highest BCUT2D eigenvalue weighted by molar-refractivity contribution is 7.92. The van der Waals surface area contributed by atoms with Crippen LogP contribution in [0.1, 0.15) is 28.3 Å². The average Bonchev–Trinajstić information content (AvgIpc) is 2.95. The van der Waals surface area contributed by atoms with E-state index in [1.54, 1.807) is 12.1 Å². The molecule has 4 aromatic rings. The zero-order valence-electron chi connectivity index (χ0n) is 22.4. The molecule has 0 unspecified atom stereocenters. The van der Waals surface area contributed by atoms with Crippen LogP contribution in [0.2, 0.25) is 0 Å². The van der Waals surface area contributed by atoms with Gasteiger partial charge in [0.2, 0.25) is 5.91 Å². The Morgan fingerprint density at radius 1 is 0.769 bits per heavy atom. The second-order valence-corrected chi connectivity index (χ2v) is 11.0. The van der Waals surface area contributed by atoms with Gasteiger partial charge in [0.05, 0.1) is 30.8 Å². The quantitative estimate of drug-likeness (QED) is 0.288. The number of nitrogens with zero attached hydrogens (tertiary/aromatic N) is 1. The Morgan fingerprint density at radius 2 is 1.33 bits per heavy atom. The Kier molecular flexibility index (Phi) is 8.56. The fourth-order valence-corrected chi connectivity index (χ4v) is 5.67. The number of sulfonamides is 1. The first kappa shape index (κ1) is 27.7. The number of ether oxygens (including phenoxy) is 2. The summed E-state index contributed by atoms with van der Waals surface area (Å²) in [4.78, 5) is 13.5. The van der Waals surface area contributed by atoms with Gasteiger partial charge in [0.25, 0.3) is 10.0 Å². The molecule has 1 amide bonds. The van der Waals surface area contributed by atoms with Gasteiger partial charge in [-0.05, 0) is 49.2 Å². The number of anilines is 1. The van der Waals surface area contributed by atoms with Gasteiger partial charge in [-0.25, -0.2) is 8.42 Å². The number of hydrogen-bond acceptors (Lipinski definition) is 5. The standard InChI is InChI=1S/C31H32N2O5S/c1-22-10-14-25(15-11-22)31(24-8-6-5-7-9-24)32-30(34)21-33(26-16-12-23(2)13-17-26)39(35,36)27-18-19-28(37-3)29(20-27)38-4/h5-20,31H,21H2,1-4H3,(H,32,34)/t31-/m1/s1. The van der Waals surface area contributed by atoms with Crippen molar-refractivity contribution in [1.82, 2.24) is 5.32 Å². The molecule has 0 radical (unpaired) electrons. The maximum absolute atomic E-state index is 13.9. The van der Waals surface area contributed by atoms with E-state index in [0.717, 1.165) is 26.6 Å². The normalized spacial score (nSPS) is 11.9. The van der Waals surface area contributed by atoms with Crippen LogP contribution in [-0.4, -0.2) is 35.1 Å². The molecule has 8 heteroatoms. The van der Waals surface area contributed by atoms with E-state index in [2.05, 4.69) is 5.32 Å². The van der Waals surface area contributed by atoms with Gasteiger partial charge in [0.15, 0.2) is 11.5 Å². The second-order valence-electron chi connectivity index (χ2n) is 9.19. The van der Waals surface area contributed by atoms with Crippen LogP contribution in [0.15, 0.2) is 102 Å². The van der Waals surface area contributed by atoms with Crippen LogP contribution in [0.5, 0.6) is 11.5 Å². The number of benzene rings is 4. The van der Waals surface area contributed by atoms with Gasteiger partial charge in [-0.2, -0.15) is 0 Å². The molecule has 0 aromatic heterocycles. The second kappa shape index (κ2) is 12.0. The number of methoxy groups -OCH3 is 2. The Bertz CT molecular complexity index is 1520. The molecule has 0 saturated carbocycles. The van der Waals surface area contributed by atoms with Crippen LogP contribution in [0.3, 0.4) is 0 Å². The lowest BCUT2D eigenvalue weighted by molar-refractivity contribution is -0.120. The number of rotatable bonds is 10.